The molecular weight excluding hydrogens is 286 g/mol. The van der Waals surface area contributed by atoms with Gasteiger partial charge in [-0.3, -0.25) is 0 Å². The molecule has 0 aliphatic rings. The molecule has 5 heteroatoms. The molecule has 0 aliphatic carbocycles. The third kappa shape index (κ3) is 5.29. The molecule has 0 aliphatic heterocycles. The fourth-order valence-corrected chi connectivity index (χ4v) is 2.10. The fraction of sp³-hybridized carbons (Fsp3) is 0.333. The van der Waals surface area contributed by atoms with Crippen molar-refractivity contribution in [3.8, 4) is 0 Å². The first-order valence-electron chi connectivity index (χ1n) is 7.68. The number of anilines is 1. The summed E-state index contributed by atoms with van der Waals surface area (Å²) in [4.78, 5) is 13.0. The van der Waals surface area contributed by atoms with Gasteiger partial charge >= 0.3 is 0 Å². The van der Waals surface area contributed by atoms with E-state index in [-0.39, 0.29) is 0 Å². The van der Waals surface area contributed by atoms with Crippen LogP contribution in [0.2, 0.25) is 0 Å². The summed E-state index contributed by atoms with van der Waals surface area (Å²) in [5.41, 5.74) is 2.38. The van der Waals surface area contributed by atoms with E-state index < -0.39 is 0 Å². The van der Waals surface area contributed by atoms with Crippen molar-refractivity contribution >= 4 is 11.8 Å². The van der Waals surface area contributed by atoms with Gasteiger partial charge in [-0.15, -0.1) is 0 Å². The van der Waals surface area contributed by atoms with Crippen LogP contribution in [0.4, 0.5) is 5.82 Å². The van der Waals surface area contributed by atoms with Gasteiger partial charge in [0.25, 0.3) is 0 Å². The normalized spacial score (nSPS) is 11.2. The summed E-state index contributed by atoms with van der Waals surface area (Å²) in [5.74, 6) is 1.82. The average molecular weight is 311 g/mol. The molecule has 1 aromatic heterocycles. The summed E-state index contributed by atoms with van der Waals surface area (Å²) in [6.07, 6.45) is 1.83. The lowest BCUT2D eigenvalue weighted by Gasteiger charge is -2.18. The second-order valence-electron chi connectivity index (χ2n) is 5.79. The van der Waals surface area contributed by atoms with Crippen LogP contribution in [0.15, 0.2) is 53.7 Å². The minimum Gasteiger partial charge on any atom is -0.363 e. The summed E-state index contributed by atoms with van der Waals surface area (Å²) in [7, 11) is 7.97. The maximum absolute atomic E-state index is 4.69. The van der Waals surface area contributed by atoms with Gasteiger partial charge in [-0.1, -0.05) is 30.3 Å². The number of guanidine groups is 1. The van der Waals surface area contributed by atoms with Crippen molar-refractivity contribution in [2.24, 2.45) is 4.99 Å². The minimum atomic E-state index is 0.624. The molecule has 23 heavy (non-hydrogen) atoms. The molecule has 1 aromatic carbocycles. The van der Waals surface area contributed by atoms with Crippen LogP contribution in [0.3, 0.4) is 0 Å². The molecule has 0 saturated carbocycles. The van der Waals surface area contributed by atoms with Crippen molar-refractivity contribution < 1.29 is 0 Å². The van der Waals surface area contributed by atoms with Crippen LogP contribution >= 0.6 is 0 Å². The zero-order valence-corrected chi connectivity index (χ0v) is 14.3. The molecule has 0 saturated heterocycles. The largest absolute Gasteiger partial charge is 0.363 e. The number of aromatic nitrogens is 1. The van der Waals surface area contributed by atoms with Gasteiger partial charge in [0.05, 0.1) is 6.54 Å². The van der Waals surface area contributed by atoms with E-state index in [1.165, 1.54) is 5.56 Å². The van der Waals surface area contributed by atoms with Gasteiger partial charge in [-0.2, -0.15) is 0 Å². The topological polar surface area (TPSA) is 43.8 Å². The van der Waals surface area contributed by atoms with E-state index in [1.54, 1.807) is 0 Å². The van der Waals surface area contributed by atoms with Crippen LogP contribution in [0, 0.1) is 0 Å². The van der Waals surface area contributed by atoms with Crippen LogP contribution in [0.25, 0.3) is 0 Å². The minimum absolute atomic E-state index is 0.624. The predicted octanol–water partition coefficient (Wildman–Crippen LogP) is 2.35. The van der Waals surface area contributed by atoms with E-state index in [1.807, 2.05) is 68.5 Å². The maximum Gasteiger partial charge on any atom is 0.194 e. The molecule has 0 atom stereocenters. The molecular formula is C18H25N5. The predicted molar refractivity (Wildman–Crippen MR) is 96.7 cm³/mol. The highest BCUT2D eigenvalue weighted by Crippen LogP contribution is 2.10. The highest BCUT2D eigenvalue weighted by atomic mass is 15.3. The third-order valence-electron chi connectivity index (χ3n) is 3.40. The summed E-state index contributed by atoms with van der Waals surface area (Å²) in [6, 6.07) is 14.4. The van der Waals surface area contributed by atoms with E-state index in [0.717, 1.165) is 23.9 Å². The number of aliphatic imine (C=N–C) groups is 1. The van der Waals surface area contributed by atoms with Gasteiger partial charge in [0.2, 0.25) is 0 Å². The second-order valence-corrected chi connectivity index (χ2v) is 5.79. The molecule has 0 fully saturated rings. The van der Waals surface area contributed by atoms with E-state index >= 15 is 0 Å². The van der Waals surface area contributed by atoms with Crippen molar-refractivity contribution in [3.05, 3.63) is 59.8 Å². The first-order valence-corrected chi connectivity index (χ1v) is 7.68. The Balaban J connectivity index is 2.02. The standard InChI is InChI=1S/C18H25N5/c1-22(2)17-12-16(10-11-19-17)14-21-18(23(3)4)20-13-15-8-6-5-7-9-15/h5-12H,13-14H2,1-4H3,(H,20,21). The Morgan fingerprint density at radius 2 is 1.78 bits per heavy atom. The summed E-state index contributed by atoms with van der Waals surface area (Å²) < 4.78 is 0. The van der Waals surface area contributed by atoms with Crippen molar-refractivity contribution in [2.45, 2.75) is 13.1 Å². The molecule has 1 N–H and O–H groups in total. The van der Waals surface area contributed by atoms with Crippen LogP contribution in [-0.4, -0.2) is 44.0 Å². The Labute approximate surface area is 138 Å². The zero-order valence-electron chi connectivity index (χ0n) is 14.3. The number of hydrogen-bond donors (Lipinski definition) is 1. The lowest BCUT2D eigenvalue weighted by atomic mass is 10.2. The number of nitrogens with one attached hydrogen (secondary N) is 1. The highest BCUT2D eigenvalue weighted by Gasteiger charge is 2.03. The zero-order chi connectivity index (χ0) is 16.7. The lowest BCUT2D eigenvalue weighted by Crippen LogP contribution is -2.36. The second kappa shape index (κ2) is 8.17. The first kappa shape index (κ1) is 16.8. The summed E-state index contributed by atoms with van der Waals surface area (Å²) in [6.45, 7) is 1.38. The van der Waals surface area contributed by atoms with Gasteiger partial charge < -0.3 is 15.1 Å². The van der Waals surface area contributed by atoms with E-state index in [2.05, 4.69) is 28.5 Å². The van der Waals surface area contributed by atoms with E-state index in [9.17, 15) is 0 Å². The number of benzene rings is 1. The van der Waals surface area contributed by atoms with Crippen molar-refractivity contribution in [1.82, 2.24) is 15.2 Å². The van der Waals surface area contributed by atoms with Gasteiger partial charge in [-0.05, 0) is 23.3 Å². The quantitative estimate of drug-likeness (QED) is 0.680. The lowest BCUT2D eigenvalue weighted by molar-refractivity contribution is 0.578. The smallest absolute Gasteiger partial charge is 0.194 e. The molecule has 0 radical (unpaired) electrons. The van der Waals surface area contributed by atoms with Crippen LogP contribution in [0.1, 0.15) is 11.1 Å². The molecule has 2 aromatic rings. The molecule has 2 rings (SSSR count). The number of pyridine rings is 1. The first-order chi connectivity index (χ1) is 11.1. The van der Waals surface area contributed by atoms with E-state index in [0.29, 0.717) is 6.54 Å². The molecule has 0 bridgehead atoms. The Kier molecular flexibility index (Phi) is 5.97. The van der Waals surface area contributed by atoms with Gasteiger partial charge in [0.15, 0.2) is 5.96 Å². The Morgan fingerprint density at radius 1 is 1.04 bits per heavy atom. The Hall–Kier alpha value is -2.56. The average Bonchev–Trinajstić information content (AvgIpc) is 2.55. The molecule has 5 nitrogen and oxygen atoms in total. The number of nitrogens with zero attached hydrogens (tertiary/aromatic N) is 4. The van der Waals surface area contributed by atoms with Crippen LogP contribution in [0.5, 0.6) is 0 Å². The SMILES string of the molecule is CN(C)C(=NCc1ccnc(N(C)C)c1)NCc1ccccc1. The Bertz CT molecular complexity index is 635. The van der Waals surface area contributed by atoms with Crippen LogP contribution < -0.4 is 10.2 Å². The maximum atomic E-state index is 4.69. The molecule has 0 amide bonds. The molecule has 1 heterocycles. The fourth-order valence-electron chi connectivity index (χ4n) is 2.10. The highest BCUT2D eigenvalue weighted by molar-refractivity contribution is 5.79. The number of hydrogen-bond acceptors (Lipinski definition) is 3. The Morgan fingerprint density at radius 3 is 2.43 bits per heavy atom. The molecule has 0 unspecified atom stereocenters. The summed E-state index contributed by atoms with van der Waals surface area (Å²) in [5, 5.41) is 3.39. The third-order valence-corrected chi connectivity index (χ3v) is 3.40. The van der Waals surface area contributed by atoms with Crippen molar-refractivity contribution in [2.75, 3.05) is 33.1 Å². The molecule has 0 spiro atoms. The van der Waals surface area contributed by atoms with Gasteiger partial charge in [-0.25, -0.2) is 9.98 Å². The van der Waals surface area contributed by atoms with Crippen molar-refractivity contribution in [1.29, 1.82) is 0 Å². The monoisotopic (exact) mass is 311 g/mol. The number of rotatable bonds is 5. The van der Waals surface area contributed by atoms with Gasteiger partial charge in [0.1, 0.15) is 5.82 Å². The van der Waals surface area contributed by atoms with Crippen molar-refractivity contribution in [3.63, 3.8) is 0 Å². The van der Waals surface area contributed by atoms with E-state index in [4.69, 9.17) is 4.99 Å². The molecule has 122 valence electrons. The van der Waals surface area contributed by atoms with Gasteiger partial charge in [0, 0.05) is 40.9 Å². The van der Waals surface area contributed by atoms with Crippen LogP contribution in [-0.2, 0) is 13.1 Å². The summed E-state index contributed by atoms with van der Waals surface area (Å²) >= 11 is 0.